The molecule has 3 fully saturated rings. The largest absolute Gasteiger partial charge is 0.457 e. The Morgan fingerprint density at radius 3 is 2.42 bits per heavy atom. The molecule has 4 rings (SSSR count). The molecule has 2 N–H and O–H groups in total. The molecule has 0 saturated heterocycles. The minimum Gasteiger partial charge on any atom is -0.457 e. The molecule has 0 aromatic heterocycles. The number of fused-ring (bicyclic) bond motifs is 5. The predicted molar refractivity (Wildman–Crippen MR) is 164 cm³/mol. The van der Waals surface area contributed by atoms with Crippen LogP contribution >= 0.6 is 0 Å². The molecular formula is C35H50FNO8. The summed E-state index contributed by atoms with van der Waals surface area (Å²) in [6, 6.07) is 0. The third-order valence-corrected chi connectivity index (χ3v) is 11.4. The molecule has 9 nitrogen and oxygen atoms in total. The van der Waals surface area contributed by atoms with Gasteiger partial charge in [0.25, 0.3) is 0 Å². The van der Waals surface area contributed by atoms with Gasteiger partial charge in [0, 0.05) is 42.1 Å². The summed E-state index contributed by atoms with van der Waals surface area (Å²) in [5.74, 6) is -3.82. The van der Waals surface area contributed by atoms with Gasteiger partial charge in [-0.05, 0) is 63.5 Å². The van der Waals surface area contributed by atoms with Crippen molar-refractivity contribution < 1.29 is 42.9 Å². The number of hydrogen-bond acceptors (Lipinski definition) is 8. The zero-order valence-corrected chi connectivity index (χ0v) is 27.4. The number of Topliss-reactive ketones (excluding diaryl/α,β-unsaturated/α-hetero) is 1. The van der Waals surface area contributed by atoms with Gasteiger partial charge in [0.1, 0.15) is 0 Å². The number of nitrogens with one attached hydrogen (secondary N) is 1. The molecular weight excluding hydrogens is 581 g/mol. The van der Waals surface area contributed by atoms with E-state index in [-0.39, 0.29) is 37.5 Å². The fourth-order valence-electron chi connectivity index (χ4n) is 9.01. The number of ketones is 2. The van der Waals surface area contributed by atoms with Crippen LogP contribution in [-0.2, 0) is 33.4 Å². The second kappa shape index (κ2) is 13.5. The van der Waals surface area contributed by atoms with Gasteiger partial charge < -0.3 is 19.9 Å². The second-order valence-corrected chi connectivity index (χ2v) is 14.0. The van der Waals surface area contributed by atoms with Crippen LogP contribution in [0, 0.1) is 28.6 Å². The van der Waals surface area contributed by atoms with E-state index in [2.05, 4.69) is 5.32 Å². The standard InChI is InChI=1S/C35H50FNO8/c1-6-8-10-29(41)37-17-15-30(42)44-21-28(40)35(45-31(43)11-9-7-2)22(3)18-26-25-13-12-23-19-24(38)14-16-32(23,4)34(25,36)27(39)20-33(26,35)5/h14,16,19,22,25-27,39H,6-13,15,17-18,20-21H2,1-5H3,(H,37,41). The van der Waals surface area contributed by atoms with Gasteiger partial charge in [-0.15, -0.1) is 0 Å². The lowest BCUT2D eigenvalue weighted by molar-refractivity contribution is -0.228. The summed E-state index contributed by atoms with van der Waals surface area (Å²) >= 11 is 0. The number of unbranched alkanes of at least 4 members (excludes halogenated alkanes) is 2. The monoisotopic (exact) mass is 631 g/mol. The van der Waals surface area contributed by atoms with Crippen LogP contribution in [0.1, 0.15) is 105 Å². The summed E-state index contributed by atoms with van der Waals surface area (Å²) in [4.78, 5) is 64.1. The van der Waals surface area contributed by atoms with Crippen LogP contribution in [-0.4, -0.2) is 65.0 Å². The van der Waals surface area contributed by atoms with Crippen molar-refractivity contribution in [2.24, 2.45) is 28.6 Å². The molecule has 0 spiro atoms. The fraction of sp³-hybridized carbons (Fsp3) is 0.743. The lowest BCUT2D eigenvalue weighted by Crippen LogP contribution is -2.70. The van der Waals surface area contributed by atoms with Crippen molar-refractivity contribution in [3.05, 3.63) is 23.8 Å². The number of aliphatic hydroxyl groups is 1. The number of carbonyl (C=O) groups excluding carboxylic acids is 5. The van der Waals surface area contributed by atoms with Gasteiger partial charge in [-0.25, -0.2) is 4.39 Å². The van der Waals surface area contributed by atoms with Crippen molar-refractivity contribution in [1.82, 2.24) is 5.32 Å². The minimum absolute atomic E-state index is 0.0740. The first kappa shape index (κ1) is 35.0. The van der Waals surface area contributed by atoms with Crippen LogP contribution in [0.15, 0.2) is 23.8 Å². The number of allylic oxidation sites excluding steroid dienone is 4. The highest BCUT2D eigenvalue weighted by molar-refractivity contribution is 6.01. The number of halogens is 1. The maximum atomic E-state index is 17.6. The average Bonchev–Trinajstić information content (AvgIpc) is 3.20. The maximum absolute atomic E-state index is 17.6. The molecule has 0 radical (unpaired) electrons. The molecule has 4 aliphatic rings. The van der Waals surface area contributed by atoms with Crippen LogP contribution in [0.5, 0.6) is 0 Å². The predicted octanol–water partition coefficient (Wildman–Crippen LogP) is 4.88. The average molecular weight is 632 g/mol. The first-order chi connectivity index (χ1) is 21.2. The Bertz CT molecular complexity index is 1260. The quantitative estimate of drug-likeness (QED) is 0.275. The highest BCUT2D eigenvalue weighted by atomic mass is 19.1. The van der Waals surface area contributed by atoms with Crippen LogP contribution in [0.25, 0.3) is 0 Å². The highest BCUT2D eigenvalue weighted by Crippen LogP contribution is 2.71. The Hall–Kier alpha value is -2.88. The number of hydrogen-bond donors (Lipinski definition) is 2. The summed E-state index contributed by atoms with van der Waals surface area (Å²) in [5, 5.41) is 14.4. The molecule has 8 atom stereocenters. The SMILES string of the molecule is CCCCC(=O)NCCC(=O)OCC(=O)C1(OC(=O)CCCC)C(C)CC2C3CCC4=CC(=O)C=CC4(C)C3(F)C(O)CC21C. The van der Waals surface area contributed by atoms with E-state index in [1.807, 2.05) is 20.8 Å². The Labute approximate surface area is 265 Å². The first-order valence-corrected chi connectivity index (χ1v) is 16.7. The normalized spacial score (nSPS) is 36.7. The van der Waals surface area contributed by atoms with Crippen molar-refractivity contribution in [2.45, 2.75) is 123 Å². The van der Waals surface area contributed by atoms with E-state index in [1.54, 1.807) is 19.9 Å². The number of rotatable bonds is 13. The number of amides is 1. The molecule has 0 aromatic rings. The smallest absolute Gasteiger partial charge is 0.308 e. The van der Waals surface area contributed by atoms with Crippen molar-refractivity contribution in [3.8, 4) is 0 Å². The van der Waals surface area contributed by atoms with Gasteiger partial charge in [-0.1, -0.05) is 52.2 Å². The van der Waals surface area contributed by atoms with Gasteiger partial charge in [-0.3, -0.25) is 24.0 Å². The van der Waals surface area contributed by atoms with E-state index in [1.165, 1.54) is 12.2 Å². The van der Waals surface area contributed by atoms with Crippen LogP contribution < -0.4 is 5.32 Å². The summed E-state index contributed by atoms with van der Waals surface area (Å²) in [7, 11) is 0. The first-order valence-electron chi connectivity index (χ1n) is 16.7. The van der Waals surface area contributed by atoms with Crippen LogP contribution in [0.2, 0.25) is 0 Å². The second-order valence-electron chi connectivity index (χ2n) is 14.0. The van der Waals surface area contributed by atoms with E-state index < -0.39 is 70.3 Å². The number of carbonyl (C=O) groups is 5. The molecule has 45 heavy (non-hydrogen) atoms. The van der Waals surface area contributed by atoms with E-state index >= 15 is 4.39 Å². The Morgan fingerprint density at radius 2 is 1.73 bits per heavy atom. The maximum Gasteiger partial charge on any atom is 0.308 e. The van der Waals surface area contributed by atoms with Gasteiger partial charge in [0.15, 0.2) is 23.7 Å². The molecule has 0 heterocycles. The molecule has 10 heteroatoms. The minimum atomic E-state index is -2.10. The lowest BCUT2D eigenvalue weighted by atomic mass is 9.44. The number of aliphatic hydroxyl groups excluding tert-OH is 1. The van der Waals surface area contributed by atoms with Gasteiger partial charge in [0.2, 0.25) is 11.7 Å². The number of alkyl halides is 1. The molecule has 3 saturated carbocycles. The van der Waals surface area contributed by atoms with Crippen LogP contribution in [0.4, 0.5) is 4.39 Å². The third-order valence-electron chi connectivity index (χ3n) is 11.4. The molecule has 1 amide bonds. The highest BCUT2D eigenvalue weighted by Gasteiger charge is 2.77. The third kappa shape index (κ3) is 5.92. The van der Waals surface area contributed by atoms with E-state index in [0.29, 0.717) is 37.7 Å². The Balaban J connectivity index is 1.61. The van der Waals surface area contributed by atoms with Gasteiger partial charge >= 0.3 is 11.9 Å². The Morgan fingerprint density at radius 1 is 1.04 bits per heavy atom. The Kier molecular flexibility index (Phi) is 10.5. The molecule has 8 unspecified atom stereocenters. The van der Waals surface area contributed by atoms with E-state index in [4.69, 9.17) is 9.47 Å². The van der Waals surface area contributed by atoms with E-state index in [9.17, 15) is 29.1 Å². The molecule has 0 bridgehead atoms. The molecule has 0 aliphatic heterocycles. The van der Waals surface area contributed by atoms with Gasteiger partial charge in [-0.2, -0.15) is 0 Å². The lowest BCUT2D eigenvalue weighted by Gasteiger charge is -2.62. The summed E-state index contributed by atoms with van der Waals surface area (Å²) < 4.78 is 29.2. The van der Waals surface area contributed by atoms with Crippen molar-refractivity contribution >= 4 is 29.4 Å². The zero-order valence-electron chi connectivity index (χ0n) is 27.4. The summed E-state index contributed by atoms with van der Waals surface area (Å²) in [6.45, 7) is 8.68. The van der Waals surface area contributed by atoms with E-state index in [0.717, 1.165) is 19.3 Å². The van der Waals surface area contributed by atoms with Crippen molar-refractivity contribution in [3.63, 3.8) is 0 Å². The molecule has 250 valence electrons. The van der Waals surface area contributed by atoms with Crippen LogP contribution in [0.3, 0.4) is 0 Å². The number of esters is 2. The van der Waals surface area contributed by atoms with Crippen molar-refractivity contribution in [1.29, 1.82) is 0 Å². The van der Waals surface area contributed by atoms with Gasteiger partial charge in [0.05, 0.1) is 12.5 Å². The zero-order chi connectivity index (χ0) is 33.2. The fourth-order valence-corrected chi connectivity index (χ4v) is 9.01. The summed E-state index contributed by atoms with van der Waals surface area (Å²) in [6.07, 6.45) is 7.24. The molecule has 0 aromatic carbocycles. The molecule has 4 aliphatic carbocycles. The summed E-state index contributed by atoms with van der Waals surface area (Å²) in [5.41, 5.74) is -5.52. The number of ether oxygens (including phenoxy) is 2. The topological polar surface area (TPSA) is 136 Å². The van der Waals surface area contributed by atoms with Crippen molar-refractivity contribution in [2.75, 3.05) is 13.2 Å².